The molecule has 1 amide bonds. The molecule has 180 valence electrons. The number of aliphatic hydroxyl groups excluding tert-OH is 2. The SMILES string of the molecule is CN(N=O)c1ccc2c(c1O)C(O)=C1C(=O)[C@]3(O)C(O)=C(C(N)=O)C(=O)[C@@H](N(C)C)[C@@H]3C[C@@H]1C2. The number of aromatic hydroxyl groups is 1. The Hall–Kier alpha value is -3.77. The molecular formula is C22H24N4O8. The number of fused-ring (bicyclic) bond motifs is 3. The summed E-state index contributed by atoms with van der Waals surface area (Å²) in [5, 5.41) is 47.6. The Kier molecular flexibility index (Phi) is 5.25. The van der Waals surface area contributed by atoms with E-state index < -0.39 is 63.8 Å². The van der Waals surface area contributed by atoms with Crippen molar-refractivity contribution in [3.05, 3.63) is 45.1 Å². The van der Waals surface area contributed by atoms with E-state index in [0.29, 0.717) is 5.56 Å². The summed E-state index contributed by atoms with van der Waals surface area (Å²) in [7, 11) is 4.35. The summed E-state index contributed by atoms with van der Waals surface area (Å²) in [6.07, 6.45) is 0.171. The van der Waals surface area contributed by atoms with E-state index in [1.54, 1.807) is 6.07 Å². The Morgan fingerprint density at radius 2 is 1.82 bits per heavy atom. The quantitative estimate of drug-likeness (QED) is 0.227. The summed E-state index contributed by atoms with van der Waals surface area (Å²) < 4.78 is 0. The lowest BCUT2D eigenvalue weighted by molar-refractivity contribution is -0.153. The van der Waals surface area contributed by atoms with Gasteiger partial charge in [-0.05, 0) is 44.5 Å². The molecular weight excluding hydrogens is 448 g/mol. The third-order valence-corrected chi connectivity index (χ3v) is 7.04. The maximum atomic E-state index is 13.7. The number of Topliss-reactive ketones (excluding diaryl/α,β-unsaturated/α-hetero) is 2. The number of hydrogen-bond acceptors (Lipinski definition) is 10. The number of hydrogen-bond donors (Lipinski definition) is 5. The van der Waals surface area contributed by atoms with Gasteiger partial charge in [0, 0.05) is 18.5 Å². The molecule has 0 bridgehead atoms. The molecule has 1 saturated carbocycles. The van der Waals surface area contributed by atoms with Gasteiger partial charge in [-0.2, -0.15) is 0 Å². The van der Waals surface area contributed by atoms with Crippen molar-refractivity contribution in [2.75, 3.05) is 26.2 Å². The smallest absolute Gasteiger partial charge is 0.255 e. The Morgan fingerprint density at radius 1 is 1.18 bits per heavy atom. The molecule has 4 rings (SSSR count). The Labute approximate surface area is 193 Å². The van der Waals surface area contributed by atoms with E-state index >= 15 is 0 Å². The fraction of sp³-hybridized carbons (Fsp3) is 0.409. The van der Waals surface area contributed by atoms with Crippen molar-refractivity contribution in [1.29, 1.82) is 0 Å². The molecule has 12 nitrogen and oxygen atoms in total. The number of carbonyl (C=O) groups excluding carboxylic acids is 3. The minimum atomic E-state index is -2.70. The second-order valence-electron chi connectivity index (χ2n) is 9.03. The van der Waals surface area contributed by atoms with Crippen LogP contribution in [0.3, 0.4) is 0 Å². The summed E-state index contributed by atoms with van der Waals surface area (Å²) >= 11 is 0. The van der Waals surface area contributed by atoms with Crippen LogP contribution < -0.4 is 10.7 Å². The fourth-order valence-electron chi connectivity index (χ4n) is 5.51. The maximum Gasteiger partial charge on any atom is 0.255 e. The first-order valence-corrected chi connectivity index (χ1v) is 10.4. The third-order valence-electron chi connectivity index (χ3n) is 7.04. The van der Waals surface area contributed by atoms with Gasteiger partial charge in [-0.15, -0.1) is 4.91 Å². The number of aliphatic hydroxyl groups is 3. The molecule has 1 fully saturated rings. The van der Waals surface area contributed by atoms with Gasteiger partial charge in [-0.25, -0.2) is 5.01 Å². The molecule has 0 aromatic heterocycles. The first-order valence-electron chi connectivity index (χ1n) is 10.4. The van der Waals surface area contributed by atoms with Crippen LogP contribution in [-0.4, -0.2) is 75.6 Å². The van der Waals surface area contributed by atoms with Crippen LogP contribution in [0.4, 0.5) is 5.69 Å². The molecule has 0 saturated heterocycles. The number of ketones is 2. The van der Waals surface area contributed by atoms with Gasteiger partial charge < -0.3 is 26.2 Å². The Bertz CT molecular complexity index is 1220. The average molecular weight is 472 g/mol. The highest BCUT2D eigenvalue weighted by Crippen LogP contribution is 2.53. The topological polar surface area (TPSA) is 194 Å². The van der Waals surface area contributed by atoms with Crippen molar-refractivity contribution in [3.63, 3.8) is 0 Å². The average Bonchev–Trinajstić information content (AvgIpc) is 2.75. The summed E-state index contributed by atoms with van der Waals surface area (Å²) in [5.41, 5.74) is 1.81. The van der Waals surface area contributed by atoms with Crippen molar-refractivity contribution in [2.24, 2.45) is 22.9 Å². The zero-order chi connectivity index (χ0) is 25.3. The summed E-state index contributed by atoms with van der Waals surface area (Å²) in [6, 6.07) is 1.87. The number of phenolic OH excluding ortho intramolecular Hbond substituents is 1. The minimum absolute atomic E-state index is 0.00404. The number of rotatable bonds is 4. The standard InChI is InChI=1S/C22H24N4O8/c1-25(2)15-10-7-9-6-8-4-5-11(26(3)24-34)16(27)12(8)17(28)13(9)19(30)22(10,33)20(31)14(18(15)29)21(23)32/h4-5,9-10,15,27-28,31,33H,6-7H2,1-3H3,(H2,23,32)/t9-,10-,15-,22-/m0/s1. The number of nitrogens with two attached hydrogens (primary N) is 1. The van der Waals surface area contributed by atoms with Crippen LogP contribution in [0.5, 0.6) is 5.75 Å². The van der Waals surface area contributed by atoms with Gasteiger partial charge in [-0.1, -0.05) is 6.07 Å². The highest BCUT2D eigenvalue weighted by Gasteiger charge is 2.64. The number of amides is 1. The normalized spacial score (nSPS) is 28.4. The first kappa shape index (κ1) is 23.4. The molecule has 1 aromatic carbocycles. The fourth-order valence-corrected chi connectivity index (χ4v) is 5.51. The van der Waals surface area contributed by atoms with Gasteiger partial charge >= 0.3 is 0 Å². The monoisotopic (exact) mass is 472 g/mol. The number of carbonyl (C=O) groups is 3. The molecule has 0 radical (unpaired) electrons. The minimum Gasteiger partial charge on any atom is -0.508 e. The first-order chi connectivity index (χ1) is 15.9. The van der Waals surface area contributed by atoms with Crippen molar-refractivity contribution in [3.8, 4) is 5.75 Å². The van der Waals surface area contributed by atoms with Crippen molar-refractivity contribution < 1.29 is 34.8 Å². The zero-order valence-electron chi connectivity index (χ0n) is 18.6. The highest BCUT2D eigenvalue weighted by atomic mass is 16.3. The number of nitrogens with zero attached hydrogens (tertiary/aromatic N) is 3. The zero-order valence-corrected chi connectivity index (χ0v) is 18.6. The molecule has 6 N–H and O–H groups in total. The van der Waals surface area contributed by atoms with E-state index in [0.717, 1.165) is 5.01 Å². The highest BCUT2D eigenvalue weighted by molar-refractivity contribution is 6.24. The second kappa shape index (κ2) is 7.64. The van der Waals surface area contributed by atoms with Crippen LogP contribution in [0.1, 0.15) is 17.5 Å². The van der Waals surface area contributed by atoms with Crippen LogP contribution in [0.25, 0.3) is 5.76 Å². The number of phenols is 1. The van der Waals surface area contributed by atoms with Crippen molar-refractivity contribution in [1.82, 2.24) is 4.90 Å². The lowest BCUT2D eigenvalue weighted by Gasteiger charge is -2.50. The number of likely N-dealkylation sites (N-methyl/N-ethyl adjacent to an activating group) is 1. The molecule has 1 aromatic rings. The van der Waals surface area contributed by atoms with E-state index in [9.17, 15) is 39.7 Å². The van der Waals surface area contributed by atoms with E-state index in [4.69, 9.17) is 5.73 Å². The molecule has 0 aliphatic heterocycles. The molecule has 12 heteroatoms. The van der Waals surface area contributed by atoms with Crippen molar-refractivity contribution >= 4 is 28.9 Å². The molecule has 34 heavy (non-hydrogen) atoms. The lowest BCUT2D eigenvalue weighted by Crippen LogP contribution is -2.65. The van der Waals surface area contributed by atoms with E-state index in [-0.39, 0.29) is 29.7 Å². The number of nitroso groups, excluding NO2 is 1. The predicted molar refractivity (Wildman–Crippen MR) is 118 cm³/mol. The lowest BCUT2D eigenvalue weighted by atomic mass is 9.57. The number of primary amides is 1. The van der Waals surface area contributed by atoms with E-state index in [2.05, 4.69) is 5.29 Å². The molecule has 0 spiro atoms. The van der Waals surface area contributed by atoms with E-state index in [1.165, 1.54) is 32.1 Å². The second-order valence-corrected chi connectivity index (χ2v) is 9.03. The van der Waals surface area contributed by atoms with Gasteiger partial charge in [0.2, 0.25) is 5.78 Å². The number of anilines is 1. The predicted octanol–water partition coefficient (Wildman–Crippen LogP) is 0.0816. The van der Waals surface area contributed by atoms with E-state index in [1.807, 2.05) is 0 Å². The molecule has 3 aliphatic rings. The Morgan fingerprint density at radius 3 is 2.38 bits per heavy atom. The Balaban J connectivity index is 1.96. The van der Waals surface area contributed by atoms with Gasteiger partial charge in [0.1, 0.15) is 22.8 Å². The molecule has 3 aliphatic carbocycles. The van der Waals surface area contributed by atoms with Crippen LogP contribution in [0, 0.1) is 16.7 Å². The molecule has 0 heterocycles. The van der Waals surface area contributed by atoms with Crippen LogP contribution in [0.2, 0.25) is 0 Å². The molecule has 0 unspecified atom stereocenters. The number of benzene rings is 1. The third kappa shape index (κ3) is 2.88. The van der Waals surface area contributed by atoms with Crippen molar-refractivity contribution in [2.45, 2.75) is 24.5 Å². The van der Waals surface area contributed by atoms with Crippen LogP contribution in [-0.2, 0) is 20.8 Å². The van der Waals surface area contributed by atoms with Gasteiger partial charge in [0.05, 0.1) is 16.9 Å². The van der Waals surface area contributed by atoms with Crippen LogP contribution >= 0.6 is 0 Å². The maximum absolute atomic E-state index is 13.7. The van der Waals surface area contributed by atoms with Crippen LogP contribution in [0.15, 0.2) is 34.3 Å². The van der Waals surface area contributed by atoms with Gasteiger partial charge in [0.15, 0.2) is 17.1 Å². The largest absolute Gasteiger partial charge is 0.508 e. The summed E-state index contributed by atoms with van der Waals surface area (Å²) in [4.78, 5) is 51.0. The van der Waals surface area contributed by atoms with Gasteiger partial charge in [-0.3, -0.25) is 19.3 Å². The molecule has 4 atom stereocenters. The summed E-state index contributed by atoms with van der Waals surface area (Å²) in [5.74, 6) is -7.26. The van der Waals surface area contributed by atoms with Gasteiger partial charge in [0.25, 0.3) is 5.91 Å². The summed E-state index contributed by atoms with van der Waals surface area (Å²) in [6.45, 7) is 0.